The minimum absolute atomic E-state index is 0.115. The van der Waals surface area contributed by atoms with Crippen LogP contribution < -0.4 is 10.1 Å². The lowest BCUT2D eigenvalue weighted by Gasteiger charge is -2.44. The Kier molecular flexibility index (Phi) is 7.54. The molecule has 1 aliphatic carbocycles. The Labute approximate surface area is 225 Å². The average Bonchev–Trinajstić information content (AvgIpc) is 3.19. The molecule has 7 nitrogen and oxygen atoms in total. The Morgan fingerprint density at radius 2 is 1.79 bits per heavy atom. The maximum atomic E-state index is 14.0. The van der Waals surface area contributed by atoms with E-state index in [2.05, 4.69) is 24.4 Å². The molecule has 2 amide bonds. The van der Waals surface area contributed by atoms with E-state index in [1.165, 1.54) is 18.4 Å². The molecule has 200 valence electrons. The van der Waals surface area contributed by atoms with Crippen molar-refractivity contribution in [3.63, 3.8) is 0 Å². The molecule has 1 atom stereocenters. The number of aromatic nitrogens is 2. The molecule has 1 saturated carbocycles. The first-order chi connectivity index (χ1) is 18.4. The number of ether oxygens (including phenoxy) is 1. The van der Waals surface area contributed by atoms with Gasteiger partial charge in [0.15, 0.2) is 0 Å². The van der Waals surface area contributed by atoms with E-state index in [9.17, 15) is 9.59 Å². The number of carbonyl (C=O) groups is 2. The summed E-state index contributed by atoms with van der Waals surface area (Å²) in [5, 5.41) is 8.12. The van der Waals surface area contributed by atoms with Crippen molar-refractivity contribution in [2.24, 2.45) is 0 Å². The second kappa shape index (κ2) is 11.0. The predicted molar refractivity (Wildman–Crippen MR) is 148 cm³/mol. The summed E-state index contributed by atoms with van der Waals surface area (Å²) >= 11 is 0. The maximum absolute atomic E-state index is 14.0. The van der Waals surface area contributed by atoms with Crippen LogP contribution in [0.2, 0.25) is 0 Å². The zero-order valence-corrected chi connectivity index (χ0v) is 22.7. The summed E-state index contributed by atoms with van der Waals surface area (Å²) in [6, 6.07) is 17.9. The molecule has 1 aromatic heterocycles. The number of rotatable bonds is 7. The van der Waals surface area contributed by atoms with Gasteiger partial charge in [0, 0.05) is 18.2 Å². The summed E-state index contributed by atoms with van der Waals surface area (Å²) in [7, 11) is 1.63. The van der Waals surface area contributed by atoms with Crippen molar-refractivity contribution in [2.75, 3.05) is 7.11 Å². The number of aryl methyl sites for hydroxylation is 1. The third-order valence-corrected chi connectivity index (χ3v) is 8.11. The average molecular weight is 515 g/mol. The molecular weight excluding hydrogens is 476 g/mol. The van der Waals surface area contributed by atoms with E-state index < -0.39 is 5.54 Å². The summed E-state index contributed by atoms with van der Waals surface area (Å²) in [6.45, 7) is 4.60. The van der Waals surface area contributed by atoms with Gasteiger partial charge in [-0.2, -0.15) is 5.10 Å². The molecule has 0 bridgehead atoms. The van der Waals surface area contributed by atoms with Gasteiger partial charge in [0.2, 0.25) is 5.91 Å². The van der Waals surface area contributed by atoms with Gasteiger partial charge < -0.3 is 15.0 Å². The van der Waals surface area contributed by atoms with Crippen molar-refractivity contribution < 1.29 is 14.3 Å². The largest absolute Gasteiger partial charge is 0.497 e. The lowest BCUT2D eigenvalue weighted by atomic mass is 9.93. The summed E-state index contributed by atoms with van der Waals surface area (Å²) < 4.78 is 7.13. The number of methoxy groups -OCH3 is 1. The zero-order chi connectivity index (χ0) is 26.7. The Hall–Kier alpha value is -3.61. The van der Waals surface area contributed by atoms with Crippen LogP contribution in [0.1, 0.15) is 74.0 Å². The van der Waals surface area contributed by atoms with E-state index in [4.69, 9.17) is 9.84 Å². The highest BCUT2D eigenvalue weighted by Crippen LogP contribution is 2.32. The summed E-state index contributed by atoms with van der Waals surface area (Å²) in [5.74, 6) is 0.414. The van der Waals surface area contributed by atoms with Crippen LogP contribution in [-0.4, -0.2) is 45.2 Å². The van der Waals surface area contributed by atoms with Crippen LogP contribution in [0.5, 0.6) is 5.75 Å². The van der Waals surface area contributed by atoms with Gasteiger partial charge in [-0.3, -0.25) is 14.3 Å². The van der Waals surface area contributed by atoms with Crippen molar-refractivity contribution in [2.45, 2.75) is 83.5 Å². The fourth-order valence-corrected chi connectivity index (χ4v) is 5.66. The number of carbonyl (C=O) groups excluding carboxylic acids is 2. The van der Waals surface area contributed by atoms with Gasteiger partial charge in [-0.05, 0) is 55.5 Å². The van der Waals surface area contributed by atoms with Crippen LogP contribution in [-0.2, 0) is 24.3 Å². The minimum Gasteiger partial charge on any atom is -0.497 e. The summed E-state index contributed by atoms with van der Waals surface area (Å²) in [6.07, 6.45) is 7.60. The quantitative estimate of drug-likeness (QED) is 0.430. The van der Waals surface area contributed by atoms with Gasteiger partial charge in [-0.1, -0.05) is 69.0 Å². The molecular formula is C31H38N4O3. The van der Waals surface area contributed by atoms with E-state index in [1.54, 1.807) is 16.7 Å². The van der Waals surface area contributed by atoms with E-state index in [0.29, 0.717) is 18.8 Å². The van der Waals surface area contributed by atoms with Gasteiger partial charge in [0.1, 0.15) is 17.0 Å². The van der Waals surface area contributed by atoms with E-state index in [-0.39, 0.29) is 17.9 Å². The molecule has 1 N–H and O–H groups in total. The second-order valence-corrected chi connectivity index (χ2v) is 10.8. The maximum Gasteiger partial charge on any atom is 0.273 e. The first-order valence-electron chi connectivity index (χ1n) is 13.8. The third kappa shape index (κ3) is 5.19. The Morgan fingerprint density at radius 3 is 2.47 bits per heavy atom. The summed E-state index contributed by atoms with van der Waals surface area (Å²) in [5.41, 5.74) is 3.28. The first kappa shape index (κ1) is 26.0. The lowest BCUT2D eigenvalue weighted by Crippen LogP contribution is -2.64. The highest BCUT2D eigenvalue weighted by Gasteiger charge is 2.48. The van der Waals surface area contributed by atoms with Crippen molar-refractivity contribution in [3.8, 4) is 17.0 Å². The highest BCUT2D eigenvalue weighted by atomic mass is 16.5. The van der Waals surface area contributed by atoms with E-state index in [0.717, 1.165) is 54.7 Å². The standard InChI is InChI=1S/C31H38N4O3/c1-4-22-14-16-24(17-15-22)27-19-28-29(36)34(20-23-10-9-13-26(18-23)38-3)31(2,21-35(28)33-27)30(37)32-25-11-7-5-6-8-12-25/h9-10,13-19,25H,4-8,11-12,20-21H2,1-3H3,(H,32,37). The monoisotopic (exact) mass is 514 g/mol. The van der Waals surface area contributed by atoms with Gasteiger partial charge in [0.05, 0.1) is 19.3 Å². The summed E-state index contributed by atoms with van der Waals surface area (Å²) in [4.78, 5) is 29.7. The Morgan fingerprint density at radius 1 is 1.05 bits per heavy atom. The topological polar surface area (TPSA) is 76.5 Å². The van der Waals surface area contributed by atoms with Crippen LogP contribution in [0.15, 0.2) is 54.6 Å². The number of hydrogen-bond acceptors (Lipinski definition) is 4. The molecule has 3 aromatic rings. The number of benzene rings is 2. The van der Waals surface area contributed by atoms with Gasteiger partial charge in [0.25, 0.3) is 5.91 Å². The highest BCUT2D eigenvalue weighted by molar-refractivity contribution is 6.00. The smallest absolute Gasteiger partial charge is 0.273 e. The molecule has 0 spiro atoms. The number of nitrogens with one attached hydrogen (secondary N) is 1. The molecule has 2 aromatic carbocycles. The van der Waals surface area contributed by atoms with Gasteiger partial charge in [-0.25, -0.2) is 0 Å². The molecule has 2 heterocycles. The van der Waals surface area contributed by atoms with Crippen molar-refractivity contribution in [1.29, 1.82) is 0 Å². The molecule has 1 fully saturated rings. The number of fused-ring (bicyclic) bond motifs is 1. The zero-order valence-electron chi connectivity index (χ0n) is 22.7. The Balaban J connectivity index is 1.49. The fraction of sp³-hybridized carbons (Fsp3) is 0.452. The van der Waals surface area contributed by atoms with Crippen LogP contribution in [0.25, 0.3) is 11.3 Å². The van der Waals surface area contributed by atoms with Crippen LogP contribution in [0, 0.1) is 0 Å². The van der Waals surface area contributed by atoms with Crippen molar-refractivity contribution in [1.82, 2.24) is 20.0 Å². The van der Waals surface area contributed by atoms with Crippen LogP contribution in [0.4, 0.5) is 0 Å². The predicted octanol–water partition coefficient (Wildman–Crippen LogP) is 5.37. The molecule has 0 radical (unpaired) electrons. The SMILES string of the molecule is CCc1ccc(-c2cc3n(n2)CC(C)(C(=O)NC2CCCCCC2)N(Cc2cccc(OC)c2)C3=O)cc1. The van der Waals surface area contributed by atoms with Crippen LogP contribution in [0.3, 0.4) is 0 Å². The molecule has 5 rings (SSSR count). The van der Waals surface area contributed by atoms with Crippen molar-refractivity contribution >= 4 is 11.8 Å². The molecule has 1 unspecified atom stereocenters. The van der Waals surface area contributed by atoms with E-state index in [1.807, 2.05) is 49.4 Å². The molecule has 1 aliphatic heterocycles. The van der Waals surface area contributed by atoms with Gasteiger partial charge in [-0.15, -0.1) is 0 Å². The molecule has 2 aliphatic rings. The molecule has 7 heteroatoms. The number of amides is 2. The minimum atomic E-state index is -1.09. The Bertz CT molecular complexity index is 1290. The lowest BCUT2D eigenvalue weighted by molar-refractivity contribution is -0.134. The number of hydrogen-bond donors (Lipinski definition) is 1. The van der Waals surface area contributed by atoms with Gasteiger partial charge >= 0.3 is 0 Å². The molecule has 0 saturated heterocycles. The fourth-order valence-electron chi connectivity index (χ4n) is 5.66. The second-order valence-electron chi connectivity index (χ2n) is 10.8. The van der Waals surface area contributed by atoms with Crippen LogP contribution >= 0.6 is 0 Å². The third-order valence-electron chi connectivity index (χ3n) is 8.11. The van der Waals surface area contributed by atoms with E-state index >= 15 is 0 Å². The molecule has 38 heavy (non-hydrogen) atoms. The van der Waals surface area contributed by atoms with Crippen molar-refractivity contribution in [3.05, 3.63) is 71.4 Å². The normalized spacial score (nSPS) is 20.1. The first-order valence-corrected chi connectivity index (χ1v) is 13.8. The number of nitrogens with zero attached hydrogens (tertiary/aromatic N) is 3.